The minimum absolute atomic E-state index is 0. The van der Waals surface area contributed by atoms with Crippen LogP contribution in [0.1, 0.15) is 58.8 Å². The molecular formula is C22H36CoN5O5-. The topological polar surface area (TPSA) is 146 Å². The predicted octanol–water partition coefficient (Wildman–Crippen LogP) is 5.37. The molecule has 0 aromatic carbocycles. The number of ether oxygens (including phenoxy) is 1. The molecule has 0 aliphatic carbocycles. The van der Waals surface area contributed by atoms with Crippen LogP contribution in [0.2, 0.25) is 0 Å². The Hall–Kier alpha value is -2.44. The van der Waals surface area contributed by atoms with E-state index in [-0.39, 0.29) is 22.9 Å². The van der Waals surface area contributed by atoms with E-state index in [2.05, 4.69) is 35.3 Å². The van der Waals surface area contributed by atoms with Gasteiger partial charge >= 0.3 is 0 Å². The van der Waals surface area contributed by atoms with Gasteiger partial charge in [0.2, 0.25) is 0 Å². The van der Waals surface area contributed by atoms with Gasteiger partial charge in [0.25, 0.3) is 0 Å². The third-order valence-corrected chi connectivity index (χ3v) is 3.72. The van der Waals surface area contributed by atoms with E-state index in [0.717, 1.165) is 31.2 Å². The zero-order valence-corrected chi connectivity index (χ0v) is 20.2. The van der Waals surface area contributed by atoms with Crippen molar-refractivity contribution < 1.29 is 31.9 Å². The number of nitrogens with zero attached hydrogens (tertiary/aromatic N) is 3. The van der Waals surface area contributed by atoms with Gasteiger partial charge < -0.3 is 10.8 Å². The molecular weight excluding hydrogens is 473 g/mol. The first-order valence-corrected chi connectivity index (χ1v) is 10.5. The average molecular weight is 509 g/mol. The Morgan fingerprint density at radius 3 is 1.97 bits per heavy atom. The largest absolute Gasteiger partial charge is 0.496 e. The van der Waals surface area contributed by atoms with Crippen molar-refractivity contribution in [3.63, 3.8) is 0 Å². The SMILES string of the molecule is CCCCCCC[C@H]1C[C-]=C[C@H](C)O1.O=N/C=C\NO.O=N/C=C\NO.[Co].c1ccncc1. The van der Waals surface area contributed by atoms with Crippen molar-refractivity contribution in [3.8, 4) is 0 Å². The minimum Gasteiger partial charge on any atom is -0.496 e. The maximum atomic E-state index is 9.08. The zero-order valence-electron chi connectivity index (χ0n) is 19.2. The summed E-state index contributed by atoms with van der Waals surface area (Å²) in [5.74, 6) is 0. The number of pyridine rings is 1. The first kappa shape index (κ1) is 35.2. The smallest absolute Gasteiger partial charge is 0.0895 e. The number of nitroso groups, excluding NO2 is 2. The zero-order chi connectivity index (χ0) is 24.1. The third kappa shape index (κ3) is 31.8. The van der Waals surface area contributed by atoms with Crippen LogP contribution in [-0.2, 0) is 21.5 Å². The number of hydroxylamine groups is 2. The van der Waals surface area contributed by atoms with Gasteiger partial charge in [0.05, 0.1) is 12.4 Å². The van der Waals surface area contributed by atoms with Crippen LogP contribution < -0.4 is 11.0 Å². The summed E-state index contributed by atoms with van der Waals surface area (Å²) >= 11 is 0. The first-order valence-electron chi connectivity index (χ1n) is 10.5. The molecule has 2 heterocycles. The summed E-state index contributed by atoms with van der Waals surface area (Å²) in [6, 6.07) is 5.72. The molecule has 0 saturated carbocycles. The standard InChI is InChI=1S/C13H23O.C5H5N.2C2H4N2O2.Co/c1-3-4-5-6-7-10-13-11-8-9-12(2)14-13;1-2-4-6-5-3-1;2*5-3-1-2-4-6;/h9,12-13H,3-7,10-11H2,1-2H3;1-5H;2*1-3,5H;/q-1;;;;/b;;2*2-1-;/t12-,13-;;;;/m0..../s1. The summed E-state index contributed by atoms with van der Waals surface area (Å²) in [5.41, 5.74) is 3.19. The molecule has 2 rings (SSSR count). The van der Waals surface area contributed by atoms with Gasteiger partial charge in [0.1, 0.15) is 0 Å². The van der Waals surface area contributed by atoms with E-state index in [4.69, 9.17) is 25.0 Å². The number of nitrogens with one attached hydrogen (secondary N) is 2. The summed E-state index contributed by atoms with van der Waals surface area (Å²) < 4.78 is 5.77. The second-order valence-corrected chi connectivity index (χ2v) is 6.37. The number of hydrogen-bond acceptors (Lipinski definition) is 10. The van der Waals surface area contributed by atoms with Crippen LogP contribution in [0.4, 0.5) is 0 Å². The Morgan fingerprint density at radius 2 is 1.61 bits per heavy atom. The summed E-state index contributed by atoms with van der Waals surface area (Å²) in [5, 5.41) is 19.9. The molecule has 33 heavy (non-hydrogen) atoms. The van der Waals surface area contributed by atoms with E-state index in [0.29, 0.717) is 6.10 Å². The fourth-order valence-corrected chi connectivity index (χ4v) is 2.34. The third-order valence-electron chi connectivity index (χ3n) is 3.72. The Bertz CT molecular complexity index is 561. The van der Waals surface area contributed by atoms with Gasteiger partial charge in [-0.05, 0) is 35.8 Å². The van der Waals surface area contributed by atoms with Crippen LogP contribution in [0.25, 0.3) is 0 Å². The van der Waals surface area contributed by atoms with Gasteiger partial charge in [-0.15, -0.1) is 9.81 Å². The van der Waals surface area contributed by atoms with Crippen molar-refractivity contribution in [2.24, 2.45) is 10.4 Å². The molecule has 0 fully saturated rings. The van der Waals surface area contributed by atoms with E-state index in [1.54, 1.807) is 23.4 Å². The second kappa shape index (κ2) is 31.7. The molecule has 11 heteroatoms. The van der Waals surface area contributed by atoms with E-state index >= 15 is 0 Å². The molecule has 0 amide bonds. The van der Waals surface area contributed by atoms with Crippen LogP contribution in [0.15, 0.2) is 71.8 Å². The average Bonchev–Trinajstić information content (AvgIpc) is 2.83. The number of hydrogen-bond donors (Lipinski definition) is 4. The van der Waals surface area contributed by atoms with Crippen molar-refractivity contribution in [2.75, 3.05) is 0 Å². The molecule has 1 radical (unpaired) electrons. The van der Waals surface area contributed by atoms with Gasteiger partial charge in [-0.2, -0.15) is 6.42 Å². The molecule has 2 atom stereocenters. The van der Waals surface area contributed by atoms with Crippen molar-refractivity contribution in [1.82, 2.24) is 15.9 Å². The summed E-state index contributed by atoms with van der Waals surface area (Å²) in [6.45, 7) is 4.35. The van der Waals surface area contributed by atoms with Crippen LogP contribution in [0, 0.1) is 15.9 Å². The quantitative estimate of drug-likeness (QED) is 0.143. The summed E-state index contributed by atoms with van der Waals surface area (Å²) in [7, 11) is 0. The van der Waals surface area contributed by atoms with Crippen molar-refractivity contribution in [1.29, 1.82) is 0 Å². The fraction of sp³-hybridized carbons (Fsp3) is 0.500. The minimum atomic E-state index is 0. The monoisotopic (exact) mass is 509 g/mol. The molecule has 0 unspecified atom stereocenters. The van der Waals surface area contributed by atoms with Gasteiger partial charge in [-0.3, -0.25) is 26.4 Å². The van der Waals surface area contributed by atoms with Gasteiger partial charge in [0.15, 0.2) is 0 Å². The molecule has 189 valence electrons. The molecule has 1 aliphatic rings. The van der Waals surface area contributed by atoms with E-state index in [9.17, 15) is 0 Å². The van der Waals surface area contributed by atoms with Crippen molar-refractivity contribution >= 4 is 0 Å². The number of aromatic nitrogens is 1. The molecule has 4 N–H and O–H groups in total. The van der Waals surface area contributed by atoms with Crippen LogP contribution in [-0.4, -0.2) is 27.6 Å². The predicted molar refractivity (Wildman–Crippen MR) is 124 cm³/mol. The Balaban J connectivity index is -0.000000399. The van der Waals surface area contributed by atoms with Crippen molar-refractivity contribution in [2.45, 2.75) is 71.0 Å². The molecule has 1 aromatic heterocycles. The van der Waals surface area contributed by atoms with Crippen molar-refractivity contribution in [3.05, 3.63) is 77.4 Å². The van der Waals surface area contributed by atoms with Crippen LogP contribution in [0.3, 0.4) is 0 Å². The Morgan fingerprint density at radius 1 is 1.03 bits per heavy atom. The van der Waals surface area contributed by atoms with E-state index < -0.39 is 0 Å². The molecule has 0 bridgehead atoms. The van der Waals surface area contributed by atoms with Gasteiger partial charge in [-0.1, -0.05) is 45.1 Å². The molecule has 0 saturated heterocycles. The first-order chi connectivity index (χ1) is 15.7. The van der Waals surface area contributed by atoms with E-state index in [1.165, 1.54) is 38.5 Å². The molecule has 1 aromatic rings. The van der Waals surface area contributed by atoms with Crippen LogP contribution >= 0.6 is 0 Å². The second-order valence-electron chi connectivity index (χ2n) is 6.37. The van der Waals surface area contributed by atoms with E-state index in [1.807, 2.05) is 24.3 Å². The molecule has 10 nitrogen and oxygen atoms in total. The Kier molecular flexibility index (Phi) is 33.8. The van der Waals surface area contributed by atoms with Gasteiger partial charge in [0, 0.05) is 53.8 Å². The maximum Gasteiger partial charge on any atom is 0.0895 e. The number of unbranched alkanes of at least 4 members (excludes halogenated alkanes) is 4. The van der Waals surface area contributed by atoms with Crippen LogP contribution in [0.5, 0.6) is 0 Å². The summed E-state index contributed by atoms with van der Waals surface area (Å²) in [4.78, 5) is 21.9. The number of rotatable bonds is 10. The van der Waals surface area contributed by atoms with Gasteiger partial charge in [-0.25, -0.2) is 6.08 Å². The molecule has 0 spiro atoms. The molecule has 1 aliphatic heterocycles. The fourth-order valence-electron chi connectivity index (χ4n) is 2.34. The normalized spacial score (nSPS) is 16.0. The maximum absolute atomic E-state index is 9.08. The Labute approximate surface area is 206 Å². The summed E-state index contributed by atoms with van der Waals surface area (Å²) in [6.07, 6.45) is 22.3.